The molecule has 1 aromatic carbocycles. The van der Waals surface area contributed by atoms with Crippen molar-refractivity contribution in [2.75, 3.05) is 11.9 Å². The number of hydrogen-bond donors (Lipinski definition) is 2. The highest BCUT2D eigenvalue weighted by atomic mass is 32.1. The van der Waals surface area contributed by atoms with Gasteiger partial charge in [-0.1, -0.05) is 41.2 Å². The van der Waals surface area contributed by atoms with Crippen LogP contribution in [0.25, 0.3) is 21.6 Å². The molecule has 0 aliphatic carbocycles. The van der Waals surface area contributed by atoms with Gasteiger partial charge in [0.05, 0.1) is 10.9 Å². The van der Waals surface area contributed by atoms with E-state index in [0.29, 0.717) is 27.1 Å². The predicted molar refractivity (Wildman–Crippen MR) is 127 cm³/mol. The van der Waals surface area contributed by atoms with Crippen LogP contribution < -0.4 is 10.9 Å². The number of amides is 1. The minimum atomic E-state index is -1.22. The second kappa shape index (κ2) is 9.05. The van der Waals surface area contributed by atoms with Crippen molar-refractivity contribution < 1.29 is 19.4 Å². The number of ether oxygens (including phenoxy) is 1. The lowest BCUT2D eigenvalue weighted by Gasteiger charge is -2.12. The first-order valence-corrected chi connectivity index (χ1v) is 12.2. The molecular weight excluding hydrogens is 478 g/mol. The number of aromatic carboxylic acids is 1. The molecule has 1 aliphatic rings. The summed E-state index contributed by atoms with van der Waals surface area (Å²) in [6.07, 6.45) is 1.70. The van der Waals surface area contributed by atoms with E-state index in [-0.39, 0.29) is 29.4 Å². The number of thiophene rings is 1. The first-order chi connectivity index (χ1) is 16.4. The van der Waals surface area contributed by atoms with E-state index in [1.807, 2.05) is 31.2 Å². The zero-order chi connectivity index (χ0) is 23.8. The zero-order valence-corrected chi connectivity index (χ0v) is 19.6. The van der Waals surface area contributed by atoms with Crippen LogP contribution in [0.5, 0.6) is 0 Å². The Morgan fingerprint density at radius 2 is 2.06 bits per heavy atom. The van der Waals surface area contributed by atoms with Crippen molar-refractivity contribution in [2.24, 2.45) is 0 Å². The van der Waals surface area contributed by atoms with Gasteiger partial charge in [-0.05, 0) is 19.8 Å². The Bertz CT molecular complexity index is 1450. The number of carbonyl (C=O) groups is 2. The Morgan fingerprint density at radius 3 is 2.76 bits per heavy atom. The molecule has 1 aliphatic heterocycles. The molecule has 1 saturated heterocycles. The second-order valence-corrected chi connectivity index (χ2v) is 9.69. The molecule has 34 heavy (non-hydrogen) atoms. The van der Waals surface area contributed by atoms with Crippen molar-refractivity contribution in [3.63, 3.8) is 0 Å². The Morgan fingerprint density at radius 1 is 1.26 bits per heavy atom. The van der Waals surface area contributed by atoms with E-state index in [4.69, 9.17) is 4.74 Å². The number of benzene rings is 1. The molecule has 1 unspecified atom stereocenters. The maximum absolute atomic E-state index is 13.4. The average Bonchev–Trinajstić information content (AvgIpc) is 3.56. The molecule has 174 valence electrons. The van der Waals surface area contributed by atoms with Crippen LogP contribution in [0.1, 0.15) is 39.9 Å². The summed E-state index contributed by atoms with van der Waals surface area (Å²) in [7, 11) is 0. The van der Waals surface area contributed by atoms with Crippen LogP contribution in [0.4, 0.5) is 5.13 Å². The molecule has 3 aromatic heterocycles. The summed E-state index contributed by atoms with van der Waals surface area (Å²) >= 11 is 2.31. The molecule has 0 bridgehead atoms. The van der Waals surface area contributed by atoms with Crippen molar-refractivity contribution in [3.8, 4) is 11.4 Å². The number of carbonyl (C=O) groups excluding carboxylic acids is 1. The second-order valence-electron chi connectivity index (χ2n) is 7.82. The van der Waals surface area contributed by atoms with Gasteiger partial charge in [-0.25, -0.2) is 9.78 Å². The van der Waals surface area contributed by atoms with Crippen molar-refractivity contribution in [1.82, 2.24) is 19.7 Å². The third kappa shape index (κ3) is 4.22. The zero-order valence-electron chi connectivity index (χ0n) is 18.0. The van der Waals surface area contributed by atoms with Gasteiger partial charge in [0.25, 0.3) is 5.56 Å². The SMILES string of the molecule is Cc1ccc(-c2nc3scc(C(=O)O)c3c(=O)n2CC(=O)Nc2nnc(C3CCCO3)s2)cc1. The van der Waals surface area contributed by atoms with E-state index in [2.05, 4.69) is 20.5 Å². The fourth-order valence-corrected chi connectivity index (χ4v) is 5.49. The van der Waals surface area contributed by atoms with Gasteiger partial charge in [-0.3, -0.25) is 19.5 Å². The van der Waals surface area contributed by atoms with Gasteiger partial charge in [-0.15, -0.1) is 21.5 Å². The lowest BCUT2D eigenvalue weighted by atomic mass is 10.1. The standard InChI is InChI=1S/C22H19N5O5S2/c1-11-4-6-12(7-5-11)17-24-19-16(13(10-33-19)21(30)31)20(29)27(17)9-15(28)23-22-26-25-18(34-22)14-3-2-8-32-14/h4-7,10,14H,2-3,8-9H2,1H3,(H,30,31)(H,23,26,28). The number of nitrogens with zero attached hydrogens (tertiary/aromatic N) is 4. The lowest BCUT2D eigenvalue weighted by Crippen LogP contribution is -2.30. The quantitative estimate of drug-likeness (QED) is 0.413. The summed E-state index contributed by atoms with van der Waals surface area (Å²) in [5.41, 5.74) is 0.942. The largest absolute Gasteiger partial charge is 0.478 e. The van der Waals surface area contributed by atoms with Crippen molar-refractivity contribution in [3.05, 3.63) is 56.1 Å². The maximum Gasteiger partial charge on any atom is 0.337 e. The van der Waals surface area contributed by atoms with E-state index >= 15 is 0 Å². The van der Waals surface area contributed by atoms with Gasteiger partial charge >= 0.3 is 5.97 Å². The van der Waals surface area contributed by atoms with Crippen molar-refractivity contribution >= 4 is 49.9 Å². The number of aryl methyl sites for hydroxylation is 1. The molecule has 0 saturated carbocycles. The summed E-state index contributed by atoms with van der Waals surface area (Å²) < 4.78 is 6.80. The average molecular weight is 498 g/mol. The monoisotopic (exact) mass is 497 g/mol. The summed E-state index contributed by atoms with van der Waals surface area (Å²) in [5.74, 6) is -1.44. The van der Waals surface area contributed by atoms with Gasteiger partial charge in [0.1, 0.15) is 28.3 Å². The molecule has 12 heteroatoms. The Balaban J connectivity index is 1.51. The summed E-state index contributed by atoms with van der Waals surface area (Å²) in [5, 5.41) is 22.7. The Labute approximate surface area is 200 Å². The molecule has 2 N–H and O–H groups in total. The molecule has 4 aromatic rings. The van der Waals surface area contributed by atoms with Crippen LogP contribution in [0.3, 0.4) is 0 Å². The molecule has 1 amide bonds. The number of carboxylic acids is 1. The molecule has 5 rings (SSSR count). The van der Waals surface area contributed by atoms with E-state index < -0.39 is 17.4 Å². The Hall–Kier alpha value is -3.48. The van der Waals surface area contributed by atoms with Gasteiger partial charge in [0, 0.05) is 17.6 Å². The normalized spacial score (nSPS) is 15.6. The van der Waals surface area contributed by atoms with Crippen LogP contribution in [0, 0.1) is 6.92 Å². The fourth-order valence-electron chi connectivity index (χ4n) is 3.74. The van der Waals surface area contributed by atoms with E-state index in [1.54, 1.807) is 0 Å². The third-order valence-electron chi connectivity index (χ3n) is 5.43. The van der Waals surface area contributed by atoms with Crippen molar-refractivity contribution in [2.45, 2.75) is 32.4 Å². The molecule has 4 heterocycles. The highest BCUT2D eigenvalue weighted by molar-refractivity contribution is 7.17. The number of carboxylic acid groups (broad SMARTS) is 1. The highest BCUT2D eigenvalue weighted by Gasteiger charge is 2.24. The van der Waals surface area contributed by atoms with Crippen LogP contribution in [0.15, 0.2) is 34.4 Å². The van der Waals surface area contributed by atoms with Crippen LogP contribution in [-0.4, -0.2) is 43.3 Å². The highest BCUT2D eigenvalue weighted by Crippen LogP contribution is 2.32. The van der Waals surface area contributed by atoms with Crippen LogP contribution >= 0.6 is 22.7 Å². The number of hydrogen-bond acceptors (Lipinski definition) is 9. The number of rotatable bonds is 6. The minimum absolute atomic E-state index is 0.0160. The summed E-state index contributed by atoms with van der Waals surface area (Å²) in [6, 6.07) is 7.37. The smallest absolute Gasteiger partial charge is 0.337 e. The predicted octanol–water partition coefficient (Wildman–Crippen LogP) is 3.47. The van der Waals surface area contributed by atoms with Gasteiger partial charge in [0.2, 0.25) is 11.0 Å². The van der Waals surface area contributed by atoms with Crippen molar-refractivity contribution in [1.29, 1.82) is 0 Å². The number of aromatic nitrogens is 4. The molecular formula is C22H19N5O5S2. The fraction of sp³-hybridized carbons (Fsp3) is 0.273. The maximum atomic E-state index is 13.4. The van der Waals surface area contributed by atoms with Gasteiger partial charge in [-0.2, -0.15) is 0 Å². The van der Waals surface area contributed by atoms with E-state index in [9.17, 15) is 19.5 Å². The molecule has 10 nitrogen and oxygen atoms in total. The van der Waals surface area contributed by atoms with Crippen LogP contribution in [0.2, 0.25) is 0 Å². The summed E-state index contributed by atoms with van der Waals surface area (Å²) in [4.78, 5) is 42.8. The molecule has 1 fully saturated rings. The minimum Gasteiger partial charge on any atom is -0.478 e. The van der Waals surface area contributed by atoms with Gasteiger partial charge < -0.3 is 9.84 Å². The number of anilines is 1. The molecule has 1 atom stereocenters. The first-order valence-electron chi connectivity index (χ1n) is 10.5. The van der Waals surface area contributed by atoms with E-state index in [1.165, 1.54) is 21.3 Å². The topological polar surface area (TPSA) is 136 Å². The molecule has 0 radical (unpaired) electrons. The van der Waals surface area contributed by atoms with E-state index in [0.717, 1.165) is 29.7 Å². The number of fused-ring (bicyclic) bond motifs is 1. The Kier molecular flexibility index (Phi) is 5.94. The van der Waals surface area contributed by atoms with Gasteiger partial charge in [0.15, 0.2) is 0 Å². The summed E-state index contributed by atoms with van der Waals surface area (Å²) in [6.45, 7) is 2.24. The first kappa shape index (κ1) is 22.3. The molecule has 0 spiro atoms. The van der Waals surface area contributed by atoms with Crippen LogP contribution in [-0.2, 0) is 16.1 Å². The third-order valence-corrected chi connectivity index (χ3v) is 7.23. The lowest BCUT2D eigenvalue weighted by molar-refractivity contribution is -0.116. The number of nitrogens with one attached hydrogen (secondary N) is 1.